The molecule has 3 atom stereocenters. The fourth-order valence-electron chi connectivity index (χ4n) is 2.88. The minimum Gasteiger partial charge on any atom is -0.381 e. The number of nitrogens with one attached hydrogen (secondary N) is 1. The Labute approximate surface area is 116 Å². The molecule has 112 valence electrons. The second-order valence-corrected chi connectivity index (χ2v) is 8.06. The third-order valence-corrected chi connectivity index (χ3v) is 5.75. The van der Waals surface area contributed by atoms with Crippen LogP contribution in [0, 0.1) is 11.8 Å². The molecule has 0 spiro atoms. The fraction of sp³-hybridized carbons (Fsp3) is 1.00. The van der Waals surface area contributed by atoms with Gasteiger partial charge in [-0.25, -0.2) is 13.1 Å². The molecule has 0 bridgehead atoms. The standard InChI is InChI=1S/C13H26N2O3S/c1-10(2)15-6-11(3)13(7-15)14-19(16,17)9-12-4-5-18-8-12/h10-14H,4-9H2,1-3H3/t11-,12-,13-/m1/s1. The zero-order valence-electron chi connectivity index (χ0n) is 12.1. The van der Waals surface area contributed by atoms with Crippen molar-refractivity contribution >= 4 is 10.0 Å². The molecule has 2 heterocycles. The van der Waals surface area contributed by atoms with E-state index in [4.69, 9.17) is 4.74 Å². The molecule has 0 radical (unpaired) electrons. The highest BCUT2D eigenvalue weighted by molar-refractivity contribution is 7.89. The average molecular weight is 290 g/mol. The van der Waals surface area contributed by atoms with Crippen LogP contribution in [0.4, 0.5) is 0 Å². The maximum absolute atomic E-state index is 12.2. The lowest BCUT2D eigenvalue weighted by atomic mass is 10.1. The number of sulfonamides is 1. The quantitative estimate of drug-likeness (QED) is 0.808. The van der Waals surface area contributed by atoms with Gasteiger partial charge in [-0.05, 0) is 32.1 Å². The van der Waals surface area contributed by atoms with E-state index in [1.807, 2.05) is 0 Å². The van der Waals surface area contributed by atoms with E-state index in [0.29, 0.717) is 25.2 Å². The smallest absolute Gasteiger partial charge is 0.212 e. The monoisotopic (exact) mass is 290 g/mol. The Kier molecular flexibility index (Phi) is 4.87. The van der Waals surface area contributed by atoms with Gasteiger partial charge in [-0.2, -0.15) is 0 Å². The van der Waals surface area contributed by atoms with Crippen LogP contribution in [-0.2, 0) is 14.8 Å². The Morgan fingerprint density at radius 2 is 2.11 bits per heavy atom. The van der Waals surface area contributed by atoms with Gasteiger partial charge >= 0.3 is 0 Å². The Morgan fingerprint density at radius 3 is 2.63 bits per heavy atom. The number of likely N-dealkylation sites (tertiary alicyclic amines) is 1. The predicted molar refractivity (Wildman–Crippen MR) is 75.5 cm³/mol. The van der Waals surface area contributed by atoms with Crippen LogP contribution in [0.25, 0.3) is 0 Å². The van der Waals surface area contributed by atoms with E-state index >= 15 is 0 Å². The molecule has 0 amide bonds. The van der Waals surface area contributed by atoms with Gasteiger partial charge in [-0.1, -0.05) is 6.92 Å². The number of ether oxygens (including phenoxy) is 1. The van der Waals surface area contributed by atoms with E-state index in [1.165, 1.54) is 0 Å². The molecular formula is C13H26N2O3S. The highest BCUT2D eigenvalue weighted by Gasteiger charge is 2.34. The molecule has 2 aliphatic heterocycles. The van der Waals surface area contributed by atoms with Gasteiger partial charge in [0, 0.05) is 31.8 Å². The van der Waals surface area contributed by atoms with Crippen LogP contribution in [0.5, 0.6) is 0 Å². The normalized spacial score (nSPS) is 33.4. The van der Waals surface area contributed by atoms with Crippen LogP contribution >= 0.6 is 0 Å². The summed E-state index contributed by atoms with van der Waals surface area (Å²) in [6, 6.07) is 0.523. The molecular weight excluding hydrogens is 264 g/mol. The van der Waals surface area contributed by atoms with E-state index in [1.54, 1.807) is 0 Å². The lowest BCUT2D eigenvalue weighted by Gasteiger charge is -2.20. The highest BCUT2D eigenvalue weighted by atomic mass is 32.2. The van der Waals surface area contributed by atoms with Crippen molar-refractivity contribution in [3.05, 3.63) is 0 Å². The lowest BCUT2D eigenvalue weighted by Crippen LogP contribution is -2.42. The van der Waals surface area contributed by atoms with Gasteiger partial charge in [0.15, 0.2) is 0 Å². The molecule has 2 saturated heterocycles. The largest absolute Gasteiger partial charge is 0.381 e. The van der Waals surface area contributed by atoms with Crippen molar-refractivity contribution in [2.75, 3.05) is 32.1 Å². The summed E-state index contributed by atoms with van der Waals surface area (Å²) in [6.07, 6.45) is 0.860. The van der Waals surface area contributed by atoms with Crippen molar-refractivity contribution < 1.29 is 13.2 Å². The molecule has 5 nitrogen and oxygen atoms in total. The SMILES string of the molecule is CC(C)N1C[C@@H](C)[C@H](NS(=O)(=O)C[C@@H]2CCOC2)C1. The van der Waals surface area contributed by atoms with Crippen LogP contribution in [0.2, 0.25) is 0 Å². The topological polar surface area (TPSA) is 58.6 Å². The van der Waals surface area contributed by atoms with Gasteiger partial charge in [0.25, 0.3) is 0 Å². The van der Waals surface area contributed by atoms with Gasteiger partial charge in [0.1, 0.15) is 0 Å². The molecule has 1 N–H and O–H groups in total. The summed E-state index contributed by atoms with van der Waals surface area (Å²) in [5.41, 5.74) is 0. The molecule has 0 aliphatic carbocycles. The third-order valence-electron chi connectivity index (χ3n) is 4.18. The first kappa shape index (κ1) is 15.2. The number of rotatable bonds is 5. The molecule has 0 unspecified atom stereocenters. The first-order chi connectivity index (χ1) is 8.87. The van der Waals surface area contributed by atoms with E-state index in [-0.39, 0.29) is 17.7 Å². The summed E-state index contributed by atoms with van der Waals surface area (Å²) in [6.45, 7) is 9.49. The van der Waals surface area contributed by atoms with Gasteiger partial charge in [-0.15, -0.1) is 0 Å². The summed E-state index contributed by atoms with van der Waals surface area (Å²) >= 11 is 0. The zero-order chi connectivity index (χ0) is 14.0. The average Bonchev–Trinajstić information content (AvgIpc) is 2.88. The number of hydrogen-bond acceptors (Lipinski definition) is 4. The maximum Gasteiger partial charge on any atom is 0.212 e. The molecule has 2 fully saturated rings. The number of nitrogens with zero attached hydrogens (tertiary/aromatic N) is 1. The lowest BCUT2D eigenvalue weighted by molar-refractivity contribution is 0.188. The molecule has 2 rings (SSSR count). The molecule has 2 aliphatic rings. The third kappa shape index (κ3) is 4.15. The summed E-state index contributed by atoms with van der Waals surface area (Å²) < 4.78 is 32.5. The van der Waals surface area contributed by atoms with Crippen molar-refractivity contribution in [1.82, 2.24) is 9.62 Å². The molecule has 0 saturated carbocycles. The van der Waals surface area contributed by atoms with E-state index in [2.05, 4.69) is 30.4 Å². The second kappa shape index (κ2) is 6.08. The highest BCUT2D eigenvalue weighted by Crippen LogP contribution is 2.20. The molecule has 0 aromatic heterocycles. The zero-order valence-corrected chi connectivity index (χ0v) is 12.9. The first-order valence-electron chi connectivity index (χ1n) is 7.19. The van der Waals surface area contributed by atoms with E-state index in [0.717, 1.165) is 19.5 Å². The first-order valence-corrected chi connectivity index (χ1v) is 8.84. The molecule has 6 heteroatoms. The summed E-state index contributed by atoms with van der Waals surface area (Å²) in [4.78, 5) is 2.33. The Bertz CT molecular complexity index is 391. The Hall–Kier alpha value is -0.170. The van der Waals surface area contributed by atoms with Crippen molar-refractivity contribution in [1.29, 1.82) is 0 Å². The van der Waals surface area contributed by atoms with Gasteiger partial charge in [-0.3, -0.25) is 4.90 Å². The molecule has 0 aromatic carbocycles. The minimum atomic E-state index is -3.19. The second-order valence-electron chi connectivity index (χ2n) is 6.26. The Morgan fingerprint density at radius 1 is 1.37 bits per heavy atom. The van der Waals surface area contributed by atoms with Crippen molar-refractivity contribution in [2.45, 2.75) is 39.3 Å². The fourth-order valence-corrected chi connectivity index (χ4v) is 4.63. The van der Waals surface area contributed by atoms with Crippen LogP contribution in [-0.4, -0.2) is 57.5 Å². The van der Waals surface area contributed by atoms with Gasteiger partial charge < -0.3 is 4.74 Å². The summed E-state index contributed by atoms with van der Waals surface area (Å²) in [5, 5.41) is 0. The number of hydrogen-bond donors (Lipinski definition) is 1. The summed E-state index contributed by atoms with van der Waals surface area (Å²) in [7, 11) is -3.19. The molecule has 0 aromatic rings. The van der Waals surface area contributed by atoms with Crippen LogP contribution in [0.3, 0.4) is 0 Å². The van der Waals surface area contributed by atoms with Crippen LogP contribution < -0.4 is 4.72 Å². The van der Waals surface area contributed by atoms with Crippen molar-refractivity contribution in [3.63, 3.8) is 0 Å². The van der Waals surface area contributed by atoms with Crippen LogP contribution in [0.1, 0.15) is 27.2 Å². The van der Waals surface area contributed by atoms with Gasteiger partial charge in [0.2, 0.25) is 10.0 Å². The Balaban J connectivity index is 1.89. The summed E-state index contributed by atoms with van der Waals surface area (Å²) in [5.74, 6) is 0.741. The minimum absolute atomic E-state index is 0.0507. The van der Waals surface area contributed by atoms with Crippen LogP contribution in [0.15, 0.2) is 0 Å². The molecule has 19 heavy (non-hydrogen) atoms. The van der Waals surface area contributed by atoms with Gasteiger partial charge in [0.05, 0.1) is 12.4 Å². The van der Waals surface area contributed by atoms with E-state index in [9.17, 15) is 8.42 Å². The van der Waals surface area contributed by atoms with Crippen molar-refractivity contribution in [3.8, 4) is 0 Å². The van der Waals surface area contributed by atoms with Crippen molar-refractivity contribution in [2.24, 2.45) is 11.8 Å². The maximum atomic E-state index is 12.2. The van der Waals surface area contributed by atoms with E-state index < -0.39 is 10.0 Å². The predicted octanol–water partition coefficient (Wildman–Crippen LogP) is 0.671.